The fraction of sp³-hybridized carbons (Fsp3) is 0.250. The molecule has 0 aliphatic heterocycles. The lowest BCUT2D eigenvalue weighted by atomic mass is 10.2. The first kappa shape index (κ1) is 9.62. The van der Waals surface area contributed by atoms with Crippen molar-refractivity contribution < 1.29 is 0 Å². The maximum absolute atomic E-state index is 5.92. The van der Waals surface area contributed by atoms with E-state index in [1.54, 1.807) is 0 Å². The Bertz CT molecular complexity index is 228. The third-order valence-electron chi connectivity index (χ3n) is 1.41. The molecule has 0 nitrogen and oxygen atoms in total. The molecule has 0 fully saturated rings. The molecule has 60 valence electrons. The van der Waals surface area contributed by atoms with Gasteiger partial charge in [-0.25, -0.2) is 0 Å². The largest absolute Gasteiger partial charge is 0.0860 e. The smallest absolute Gasteiger partial charge is 0.0453 e. The number of rotatable bonds is 2. The Morgan fingerprint density at radius 1 is 1.18 bits per heavy atom. The van der Waals surface area contributed by atoms with Gasteiger partial charge in [0, 0.05) is 14.5 Å². The molecule has 0 saturated heterocycles. The van der Waals surface area contributed by atoms with E-state index >= 15 is 0 Å². The lowest BCUT2D eigenvalue weighted by molar-refractivity contribution is 1.18. The van der Waals surface area contributed by atoms with Gasteiger partial charge < -0.3 is 0 Å². The Balaban J connectivity index is 3.00. The molecule has 0 atom stereocenters. The molecule has 0 aliphatic carbocycles. The Kier molecular flexibility index (Phi) is 3.96. The van der Waals surface area contributed by atoms with Gasteiger partial charge in [-0.05, 0) is 24.1 Å². The minimum absolute atomic E-state index is 0.772. The van der Waals surface area contributed by atoms with Crippen LogP contribution in [0.1, 0.15) is 5.56 Å². The second-order valence-electron chi connectivity index (χ2n) is 2.14. The summed E-state index contributed by atoms with van der Waals surface area (Å²) in [5.74, 6) is 0. The summed E-state index contributed by atoms with van der Waals surface area (Å²) in [5.41, 5.74) is 1.06. The fourth-order valence-corrected chi connectivity index (χ4v) is 1.99. The number of benzene rings is 1. The predicted molar refractivity (Wildman–Crippen MR) is 59.1 cm³/mol. The second kappa shape index (κ2) is 4.53. The maximum Gasteiger partial charge on any atom is 0.0453 e. The van der Waals surface area contributed by atoms with Gasteiger partial charge in [0.05, 0.1) is 0 Å². The molecule has 0 unspecified atom stereocenters. The Hall–Kier alpha value is 0.530. The van der Waals surface area contributed by atoms with Crippen molar-refractivity contribution in [3.8, 4) is 0 Å². The normalized spacial score (nSPS) is 10.1. The number of alkyl halides is 1. The molecule has 0 aliphatic rings. The summed E-state index contributed by atoms with van der Waals surface area (Å²) < 4.78 is 1.04. The van der Waals surface area contributed by atoms with Crippen molar-refractivity contribution >= 4 is 45.8 Å². The van der Waals surface area contributed by atoms with Gasteiger partial charge in [0.15, 0.2) is 0 Å². The first-order chi connectivity index (χ1) is 5.25. The highest BCUT2D eigenvalue weighted by atomic mass is 127. The summed E-state index contributed by atoms with van der Waals surface area (Å²) in [6, 6.07) is 5.60. The third kappa shape index (κ3) is 2.49. The van der Waals surface area contributed by atoms with Crippen LogP contribution in [0.3, 0.4) is 0 Å². The van der Waals surface area contributed by atoms with Gasteiger partial charge >= 0.3 is 0 Å². The molecule has 0 spiro atoms. The summed E-state index contributed by atoms with van der Waals surface area (Å²) >= 11 is 14.1. The van der Waals surface area contributed by atoms with E-state index in [1.807, 2.05) is 18.2 Å². The van der Waals surface area contributed by atoms with Crippen LogP contribution in [-0.2, 0) is 6.42 Å². The average Bonchev–Trinajstić information content (AvgIpc) is 1.97. The summed E-state index contributed by atoms with van der Waals surface area (Å²) in [7, 11) is 0. The van der Waals surface area contributed by atoms with E-state index < -0.39 is 0 Å². The lowest BCUT2D eigenvalue weighted by Crippen LogP contribution is -1.87. The maximum atomic E-state index is 5.92. The zero-order chi connectivity index (χ0) is 8.27. The molecular formula is C8H7Cl2I. The second-order valence-corrected chi connectivity index (χ2v) is 4.03. The van der Waals surface area contributed by atoms with E-state index in [0.717, 1.165) is 26.5 Å². The van der Waals surface area contributed by atoms with Crippen LogP contribution < -0.4 is 0 Å². The molecule has 0 aromatic heterocycles. The molecule has 1 rings (SSSR count). The molecule has 3 heteroatoms. The molecular weight excluding hydrogens is 294 g/mol. The van der Waals surface area contributed by atoms with E-state index in [1.165, 1.54) is 0 Å². The Morgan fingerprint density at radius 3 is 2.18 bits per heavy atom. The van der Waals surface area contributed by atoms with Gasteiger partial charge in [-0.15, -0.1) is 0 Å². The quantitative estimate of drug-likeness (QED) is 0.573. The van der Waals surface area contributed by atoms with Gasteiger partial charge in [0.1, 0.15) is 0 Å². The number of hydrogen-bond acceptors (Lipinski definition) is 0. The third-order valence-corrected chi connectivity index (χ3v) is 2.65. The zero-order valence-corrected chi connectivity index (χ0v) is 9.45. The van der Waals surface area contributed by atoms with Crippen molar-refractivity contribution in [2.45, 2.75) is 6.42 Å². The fourth-order valence-electron chi connectivity index (χ4n) is 0.866. The molecule has 0 heterocycles. The summed E-state index contributed by atoms with van der Waals surface area (Å²) in [4.78, 5) is 0. The van der Waals surface area contributed by atoms with Crippen LogP contribution in [-0.4, -0.2) is 4.43 Å². The molecule has 0 saturated carbocycles. The monoisotopic (exact) mass is 300 g/mol. The van der Waals surface area contributed by atoms with E-state index in [2.05, 4.69) is 22.6 Å². The minimum Gasteiger partial charge on any atom is -0.0860 e. The molecule has 0 bridgehead atoms. The summed E-state index contributed by atoms with van der Waals surface area (Å²) in [6.45, 7) is 0. The van der Waals surface area contributed by atoms with E-state index in [0.29, 0.717) is 0 Å². The molecule has 1 aromatic rings. The van der Waals surface area contributed by atoms with Crippen LogP contribution in [0.5, 0.6) is 0 Å². The summed E-state index contributed by atoms with van der Waals surface area (Å²) in [5, 5.41) is 1.54. The lowest BCUT2D eigenvalue weighted by Gasteiger charge is -2.02. The van der Waals surface area contributed by atoms with Crippen LogP contribution in [0.15, 0.2) is 18.2 Å². The van der Waals surface area contributed by atoms with Gasteiger partial charge in [0.2, 0.25) is 0 Å². The Labute approximate surface area is 90.0 Å². The van der Waals surface area contributed by atoms with E-state index in [4.69, 9.17) is 23.2 Å². The SMILES string of the molecule is Clc1cccc(Cl)c1CCI. The highest BCUT2D eigenvalue weighted by Gasteiger charge is 2.02. The molecule has 11 heavy (non-hydrogen) atoms. The van der Waals surface area contributed by atoms with Crippen LogP contribution in [0.2, 0.25) is 10.0 Å². The standard InChI is InChI=1S/C8H7Cl2I/c9-7-2-1-3-8(10)6(7)4-5-11/h1-3H,4-5H2. The minimum atomic E-state index is 0.772. The number of hydrogen-bond donors (Lipinski definition) is 0. The van der Waals surface area contributed by atoms with Gasteiger partial charge in [-0.2, -0.15) is 0 Å². The first-order valence-electron chi connectivity index (χ1n) is 3.24. The van der Waals surface area contributed by atoms with Crippen molar-refractivity contribution in [2.24, 2.45) is 0 Å². The van der Waals surface area contributed by atoms with Crippen LogP contribution in [0.4, 0.5) is 0 Å². The molecule has 0 amide bonds. The summed E-state index contributed by atoms with van der Waals surface area (Å²) in [6.07, 6.45) is 0.944. The van der Waals surface area contributed by atoms with E-state index in [-0.39, 0.29) is 0 Å². The van der Waals surface area contributed by atoms with Crippen molar-refractivity contribution in [2.75, 3.05) is 4.43 Å². The average molecular weight is 301 g/mol. The van der Waals surface area contributed by atoms with Crippen molar-refractivity contribution in [1.29, 1.82) is 0 Å². The van der Waals surface area contributed by atoms with Crippen LogP contribution in [0.25, 0.3) is 0 Å². The van der Waals surface area contributed by atoms with Gasteiger partial charge in [-0.3, -0.25) is 0 Å². The van der Waals surface area contributed by atoms with Crippen LogP contribution >= 0.6 is 45.8 Å². The first-order valence-corrected chi connectivity index (χ1v) is 5.52. The predicted octanol–water partition coefficient (Wildman–Crippen LogP) is 3.97. The van der Waals surface area contributed by atoms with Crippen LogP contribution in [0, 0.1) is 0 Å². The van der Waals surface area contributed by atoms with E-state index in [9.17, 15) is 0 Å². The molecule has 0 N–H and O–H groups in total. The van der Waals surface area contributed by atoms with Gasteiger partial charge in [0.25, 0.3) is 0 Å². The van der Waals surface area contributed by atoms with Gasteiger partial charge in [-0.1, -0.05) is 51.9 Å². The van der Waals surface area contributed by atoms with Crippen molar-refractivity contribution in [1.82, 2.24) is 0 Å². The van der Waals surface area contributed by atoms with Crippen molar-refractivity contribution in [3.63, 3.8) is 0 Å². The topological polar surface area (TPSA) is 0 Å². The highest BCUT2D eigenvalue weighted by molar-refractivity contribution is 14.1. The van der Waals surface area contributed by atoms with Crippen molar-refractivity contribution in [3.05, 3.63) is 33.8 Å². The Morgan fingerprint density at radius 2 is 1.73 bits per heavy atom. The zero-order valence-electron chi connectivity index (χ0n) is 5.78. The molecule has 0 radical (unpaired) electrons. The molecule has 1 aromatic carbocycles. The highest BCUT2D eigenvalue weighted by Crippen LogP contribution is 2.24. The number of halogens is 3.